The summed E-state index contributed by atoms with van der Waals surface area (Å²) >= 11 is 1.35. The van der Waals surface area contributed by atoms with E-state index in [1.165, 1.54) is 21.8 Å². The number of aryl methyl sites for hydroxylation is 1. The lowest BCUT2D eigenvalue weighted by molar-refractivity contribution is -0.147. The third kappa shape index (κ3) is 3.75. The number of esters is 1. The summed E-state index contributed by atoms with van der Waals surface area (Å²) in [4.78, 5) is 28.3. The van der Waals surface area contributed by atoms with Crippen molar-refractivity contribution in [2.24, 2.45) is 0 Å². The largest absolute Gasteiger partial charge is 0.482 e. The molecule has 0 atom stereocenters. The SMILES string of the molecule is Cc1ccc(OCC(=O)OCc2cc(=O)n3ccsc3n2)cc1. The van der Waals surface area contributed by atoms with Gasteiger partial charge in [-0.15, -0.1) is 11.3 Å². The molecular formula is C16H14N2O4S. The van der Waals surface area contributed by atoms with Crippen LogP contribution in [0.5, 0.6) is 5.75 Å². The summed E-state index contributed by atoms with van der Waals surface area (Å²) in [6, 6.07) is 8.72. The maximum absolute atomic E-state index is 11.8. The fourth-order valence-electron chi connectivity index (χ4n) is 1.93. The normalized spacial score (nSPS) is 10.7. The number of hydrogen-bond donors (Lipinski definition) is 0. The van der Waals surface area contributed by atoms with E-state index < -0.39 is 5.97 Å². The summed E-state index contributed by atoms with van der Waals surface area (Å²) in [6.45, 7) is 1.72. The van der Waals surface area contributed by atoms with Gasteiger partial charge in [-0.1, -0.05) is 17.7 Å². The molecule has 2 heterocycles. The first-order chi connectivity index (χ1) is 11.1. The lowest BCUT2D eigenvalue weighted by Crippen LogP contribution is -2.17. The molecule has 6 nitrogen and oxygen atoms in total. The quantitative estimate of drug-likeness (QED) is 0.671. The number of ether oxygens (including phenoxy) is 2. The molecule has 0 bridgehead atoms. The molecule has 3 aromatic rings. The highest BCUT2D eigenvalue weighted by Crippen LogP contribution is 2.11. The minimum atomic E-state index is -0.515. The second kappa shape index (κ2) is 6.62. The number of hydrogen-bond acceptors (Lipinski definition) is 6. The van der Waals surface area contributed by atoms with Gasteiger partial charge in [0.05, 0.1) is 5.69 Å². The number of nitrogens with zero attached hydrogens (tertiary/aromatic N) is 2. The summed E-state index contributed by atoms with van der Waals surface area (Å²) in [7, 11) is 0. The molecule has 3 rings (SSSR count). The Bertz CT molecular complexity index is 883. The van der Waals surface area contributed by atoms with Gasteiger partial charge in [-0.3, -0.25) is 9.20 Å². The predicted molar refractivity (Wildman–Crippen MR) is 85.8 cm³/mol. The van der Waals surface area contributed by atoms with Crippen LogP contribution in [0.2, 0.25) is 0 Å². The number of rotatable bonds is 5. The summed E-state index contributed by atoms with van der Waals surface area (Å²) in [6.07, 6.45) is 1.65. The fourth-order valence-corrected chi connectivity index (χ4v) is 2.67. The zero-order chi connectivity index (χ0) is 16.2. The molecule has 23 heavy (non-hydrogen) atoms. The van der Waals surface area contributed by atoms with E-state index in [9.17, 15) is 9.59 Å². The summed E-state index contributed by atoms with van der Waals surface area (Å²) < 4.78 is 11.9. The highest BCUT2D eigenvalue weighted by atomic mass is 32.1. The number of benzene rings is 1. The molecule has 2 aromatic heterocycles. The van der Waals surface area contributed by atoms with Crippen LogP contribution in [-0.2, 0) is 16.1 Å². The van der Waals surface area contributed by atoms with E-state index in [2.05, 4.69) is 4.98 Å². The molecule has 0 spiro atoms. The van der Waals surface area contributed by atoms with Gasteiger partial charge >= 0.3 is 5.97 Å². The second-order valence-corrected chi connectivity index (χ2v) is 5.78. The van der Waals surface area contributed by atoms with E-state index in [0.29, 0.717) is 16.4 Å². The smallest absolute Gasteiger partial charge is 0.344 e. The maximum Gasteiger partial charge on any atom is 0.344 e. The molecule has 1 aromatic carbocycles. The van der Waals surface area contributed by atoms with Gasteiger partial charge in [-0.2, -0.15) is 0 Å². The topological polar surface area (TPSA) is 69.9 Å². The average Bonchev–Trinajstić information content (AvgIpc) is 3.01. The number of fused-ring (bicyclic) bond motifs is 1. The molecule has 7 heteroatoms. The third-order valence-corrected chi connectivity index (χ3v) is 3.87. The van der Waals surface area contributed by atoms with Gasteiger partial charge in [0.15, 0.2) is 11.6 Å². The summed E-state index contributed by atoms with van der Waals surface area (Å²) in [5.74, 6) is 0.0858. The van der Waals surface area contributed by atoms with E-state index in [0.717, 1.165) is 5.56 Å². The number of carbonyl (C=O) groups excluding carboxylic acids is 1. The van der Waals surface area contributed by atoms with Crippen LogP contribution in [0.15, 0.2) is 46.7 Å². The van der Waals surface area contributed by atoms with E-state index in [1.807, 2.05) is 19.1 Å². The highest BCUT2D eigenvalue weighted by molar-refractivity contribution is 7.15. The summed E-state index contributed by atoms with van der Waals surface area (Å²) in [5.41, 5.74) is 1.33. The van der Waals surface area contributed by atoms with Crippen molar-refractivity contribution >= 4 is 22.3 Å². The Labute approximate surface area is 135 Å². The minimum Gasteiger partial charge on any atom is -0.482 e. The highest BCUT2D eigenvalue weighted by Gasteiger charge is 2.08. The predicted octanol–water partition coefficient (Wildman–Crippen LogP) is 2.19. The zero-order valence-electron chi connectivity index (χ0n) is 12.4. The van der Waals surface area contributed by atoms with Gasteiger partial charge in [-0.25, -0.2) is 9.78 Å². The van der Waals surface area contributed by atoms with Crippen molar-refractivity contribution < 1.29 is 14.3 Å². The van der Waals surface area contributed by atoms with Gasteiger partial charge in [0, 0.05) is 17.6 Å². The Hall–Kier alpha value is -2.67. The average molecular weight is 330 g/mol. The fraction of sp³-hybridized carbons (Fsp3) is 0.188. The zero-order valence-corrected chi connectivity index (χ0v) is 13.2. The first kappa shape index (κ1) is 15.2. The van der Waals surface area contributed by atoms with Gasteiger partial charge in [0.25, 0.3) is 5.56 Å². The Morgan fingerprint density at radius 1 is 1.30 bits per heavy atom. The molecule has 0 radical (unpaired) electrons. The standard InChI is InChI=1S/C16H14N2O4S/c1-11-2-4-13(5-3-11)21-10-15(20)22-9-12-8-14(19)18-6-7-23-16(18)17-12/h2-8H,9-10H2,1H3. The van der Waals surface area contributed by atoms with E-state index >= 15 is 0 Å². The number of thiazole rings is 1. The molecule has 0 unspecified atom stereocenters. The van der Waals surface area contributed by atoms with Crippen molar-refractivity contribution in [3.63, 3.8) is 0 Å². The first-order valence-electron chi connectivity index (χ1n) is 6.93. The first-order valence-corrected chi connectivity index (χ1v) is 7.81. The monoisotopic (exact) mass is 330 g/mol. The van der Waals surface area contributed by atoms with Crippen LogP contribution < -0.4 is 10.3 Å². The van der Waals surface area contributed by atoms with Crippen molar-refractivity contribution in [2.75, 3.05) is 6.61 Å². The Balaban J connectivity index is 1.55. The van der Waals surface area contributed by atoms with Crippen molar-refractivity contribution in [1.29, 1.82) is 0 Å². The van der Waals surface area contributed by atoms with Crippen molar-refractivity contribution in [3.05, 3.63) is 63.5 Å². The van der Waals surface area contributed by atoms with Crippen LogP contribution in [0.4, 0.5) is 0 Å². The van der Waals surface area contributed by atoms with Crippen LogP contribution in [0, 0.1) is 6.92 Å². The molecule has 0 fully saturated rings. The van der Waals surface area contributed by atoms with Crippen LogP contribution in [0.25, 0.3) is 4.96 Å². The molecule has 0 N–H and O–H groups in total. The van der Waals surface area contributed by atoms with Gasteiger partial charge in [0.2, 0.25) is 0 Å². The lowest BCUT2D eigenvalue weighted by atomic mass is 10.2. The van der Waals surface area contributed by atoms with E-state index in [1.54, 1.807) is 23.7 Å². The third-order valence-electron chi connectivity index (χ3n) is 3.11. The molecule has 0 aliphatic heterocycles. The van der Waals surface area contributed by atoms with Gasteiger partial charge in [-0.05, 0) is 19.1 Å². The van der Waals surface area contributed by atoms with E-state index in [-0.39, 0.29) is 18.8 Å². The molecule has 0 aliphatic carbocycles. The van der Waals surface area contributed by atoms with Crippen LogP contribution in [0.3, 0.4) is 0 Å². The molecule has 0 amide bonds. The van der Waals surface area contributed by atoms with E-state index in [4.69, 9.17) is 9.47 Å². The Morgan fingerprint density at radius 2 is 2.09 bits per heavy atom. The molecular weight excluding hydrogens is 316 g/mol. The van der Waals surface area contributed by atoms with Crippen LogP contribution in [-0.4, -0.2) is 22.0 Å². The maximum atomic E-state index is 11.8. The second-order valence-electron chi connectivity index (χ2n) is 4.90. The molecule has 0 aliphatic rings. The number of aromatic nitrogens is 2. The lowest BCUT2D eigenvalue weighted by Gasteiger charge is -2.07. The summed E-state index contributed by atoms with van der Waals surface area (Å²) in [5, 5.41) is 1.77. The van der Waals surface area contributed by atoms with Gasteiger partial charge in [0.1, 0.15) is 12.4 Å². The minimum absolute atomic E-state index is 0.0558. The molecule has 0 saturated heterocycles. The molecule has 0 saturated carbocycles. The van der Waals surface area contributed by atoms with Crippen molar-refractivity contribution in [3.8, 4) is 5.75 Å². The number of carbonyl (C=O) groups is 1. The van der Waals surface area contributed by atoms with Crippen LogP contribution >= 0.6 is 11.3 Å². The van der Waals surface area contributed by atoms with Crippen molar-refractivity contribution in [2.45, 2.75) is 13.5 Å². The van der Waals surface area contributed by atoms with Gasteiger partial charge < -0.3 is 9.47 Å². The Morgan fingerprint density at radius 3 is 2.87 bits per heavy atom. The molecule has 118 valence electrons. The Kier molecular flexibility index (Phi) is 4.38. The van der Waals surface area contributed by atoms with Crippen molar-refractivity contribution in [1.82, 2.24) is 9.38 Å². The van der Waals surface area contributed by atoms with Crippen LogP contribution in [0.1, 0.15) is 11.3 Å².